The van der Waals surface area contributed by atoms with E-state index in [0.717, 1.165) is 18.4 Å². The minimum atomic E-state index is -0.243. The van der Waals surface area contributed by atoms with Gasteiger partial charge in [-0.2, -0.15) is 0 Å². The molecule has 2 amide bonds. The molecule has 0 fully saturated rings. The van der Waals surface area contributed by atoms with E-state index in [4.69, 9.17) is 4.74 Å². The summed E-state index contributed by atoms with van der Waals surface area (Å²) in [5.74, 6) is 0.237. The van der Waals surface area contributed by atoms with E-state index in [2.05, 4.69) is 17.6 Å². The maximum absolute atomic E-state index is 12.8. The summed E-state index contributed by atoms with van der Waals surface area (Å²) < 4.78 is 5.48. The molecule has 0 radical (unpaired) electrons. The van der Waals surface area contributed by atoms with Crippen LogP contribution in [0.1, 0.15) is 126 Å². The number of aryl methyl sites for hydroxylation is 1. The molecule has 5 nitrogen and oxygen atoms in total. The molecule has 0 saturated heterocycles. The fourth-order valence-electron chi connectivity index (χ4n) is 4.78. The highest BCUT2D eigenvalue weighted by molar-refractivity contribution is 6.08. The van der Waals surface area contributed by atoms with Gasteiger partial charge >= 0.3 is 0 Å². The highest BCUT2D eigenvalue weighted by Gasteiger charge is 2.17. The van der Waals surface area contributed by atoms with Crippen molar-refractivity contribution in [1.82, 2.24) is 0 Å². The molecule has 2 aromatic carbocycles. The SMILES string of the molecule is CCCCCCCCCCCCCCCCCC(=O)Nc1c(C)ccc(OC)c1NC(=O)c1ccccc1. The Morgan fingerprint density at radius 2 is 1.18 bits per heavy atom. The van der Waals surface area contributed by atoms with E-state index in [0.29, 0.717) is 29.1 Å². The Labute approximate surface area is 231 Å². The summed E-state index contributed by atoms with van der Waals surface area (Å²) in [7, 11) is 1.56. The Hall–Kier alpha value is -2.82. The van der Waals surface area contributed by atoms with Gasteiger partial charge in [-0.25, -0.2) is 0 Å². The molecule has 0 heterocycles. The summed E-state index contributed by atoms with van der Waals surface area (Å²) in [6.07, 6.45) is 20.0. The smallest absolute Gasteiger partial charge is 0.255 e. The van der Waals surface area contributed by atoms with Crippen LogP contribution in [-0.2, 0) is 4.79 Å². The Balaban J connectivity index is 1.66. The van der Waals surface area contributed by atoms with Crippen LogP contribution in [0.15, 0.2) is 42.5 Å². The van der Waals surface area contributed by atoms with Crippen molar-refractivity contribution in [3.05, 3.63) is 53.6 Å². The van der Waals surface area contributed by atoms with Gasteiger partial charge in [0.15, 0.2) is 0 Å². The molecule has 2 N–H and O–H groups in total. The van der Waals surface area contributed by atoms with Crippen molar-refractivity contribution < 1.29 is 14.3 Å². The zero-order valence-corrected chi connectivity index (χ0v) is 24.1. The standard InChI is InChI=1S/C33H50N2O3/c1-4-5-6-7-8-9-10-11-12-13-14-15-16-17-21-24-30(36)34-31-27(2)25-26-29(38-3)32(31)35-33(37)28-22-19-18-20-23-28/h18-20,22-23,25-26H,4-17,21,24H2,1-3H3,(H,34,36)(H,35,37). The van der Waals surface area contributed by atoms with Gasteiger partial charge < -0.3 is 15.4 Å². The van der Waals surface area contributed by atoms with Crippen LogP contribution in [0.2, 0.25) is 0 Å². The van der Waals surface area contributed by atoms with E-state index < -0.39 is 0 Å². The minimum absolute atomic E-state index is 0.0359. The molecule has 0 spiro atoms. The zero-order chi connectivity index (χ0) is 27.4. The molecule has 0 aliphatic heterocycles. The average Bonchev–Trinajstić information content (AvgIpc) is 2.93. The largest absolute Gasteiger partial charge is 0.494 e. The highest BCUT2D eigenvalue weighted by atomic mass is 16.5. The number of hydrogen-bond donors (Lipinski definition) is 2. The van der Waals surface area contributed by atoms with Gasteiger partial charge in [0.25, 0.3) is 5.91 Å². The molecule has 2 rings (SSSR count). The number of anilines is 2. The molecular formula is C33H50N2O3. The predicted octanol–water partition coefficient (Wildman–Crippen LogP) is 9.46. The predicted molar refractivity (Wildman–Crippen MR) is 160 cm³/mol. The van der Waals surface area contributed by atoms with E-state index in [1.807, 2.05) is 31.2 Å². The Morgan fingerprint density at radius 3 is 1.71 bits per heavy atom. The van der Waals surface area contributed by atoms with Gasteiger partial charge in [0.05, 0.1) is 12.8 Å². The number of carbonyl (C=O) groups excluding carboxylic acids is 2. The number of benzene rings is 2. The first-order valence-corrected chi connectivity index (χ1v) is 14.9. The van der Waals surface area contributed by atoms with Crippen LogP contribution >= 0.6 is 0 Å². The number of hydrogen-bond acceptors (Lipinski definition) is 3. The molecule has 0 bridgehead atoms. The lowest BCUT2D eigenvalue weighted by atomic mass is 10.0. The maximum Gasteiger partial charge on any atom is 0.255 e. The number of amides is 2. The van der Waals surface area contributed by atoms with Gasteiger partial charge in [0.1, 0.15) is 11.4 Å². The topological polar surface area (TPSA) is 67.4 Å². The molecule has 2 aromatic rings. The zero-order valence-electron chi connectivity index (χ0n) is 24.1. The van der Waals surface area contributed by atoms with Crippen LogP contribution in [0.25, 0.3) is 0 Å². The van der Waals surface area contributed by atoms with E-state index in [1.165, 1.54) is 83.5 Å². The molecule has 210 valence electrons. The third kappa shape index (κ3) is 12.1. The number of carbonyl (C=O) groups is 2. The summed E-state index contributed by atoms with van der Waals surface area (Å²) >= 11 is 0. The molecule has 0 unspecified atom stereocenters. The van der Waals surface area contributed by atoms with Gasteiger partial charge in [0.2, 0.25) is 5.91 Å². The van der Waals surface area contributed by atoms with Crippen molar-refractivity contribution >= 4 is 23.2 Å². The number of ether oxygens (including phenoxy) is 1. The lowest BCUT2D eigenvalue weighted by molar-refractivity contribution is -0.116. The van der Waals surface area contributed by atoms with Crippen molar-refractivity contribution in [1.29, 1.82) is 0 Å². The molecule has 0 aliphatic carbocycles. The molecule has 38 heavy (non-hydrogen) atoms. The van der Waals surface area contributed by atoms with E-state index in [-0.39, 0.29) is 11.8 Å². The van der Waals surface area contributed by atoms with Crippen LogP contribution in [0.4, 0.5) is 11.4 Å². The maximum atomic E-state index is 12.8. The molecule has 0 saturated carbocycles. The number of rotatable bonds is 20. The first-order valence-electron chi connectivity index (χ1n) is 14.9. The lowest BCUT2D eigenvalue weighted by Gasteiger charge is -2.18. The molecule has 0 aliphatic rings. The van der Waals surface area contributed by atoms with Crippen LogP contribution in [0.5, 0.6) is 5.75 Å². The average molecular weight is 523 g/mol. The lowest BCUT2D eigenvalue weighted by Crippen LogP contribution is -2.18. The van der Waals surface area contributed by atoms with Crippen molar-refractivity contribution in [3.8, 4) is 5.75 Å². The number of nitrogens with one attached hydrogen (secondary N) is 2. The minimum Gasteiger partial charge on any atom is -0.494 e. The number of methoxy groups -OCH3 is 1. The van der Waals surface area contributed by atoms with Gasteiger partial charge in [-0.3, -0.25) is 9.59 Å². The number of unbranched alkanes of at least 4 members (excludes halogenated alkanes) is 14. The van der Waals surface area contributed by atoms with Crippen LogP contribution in [-0.4, -0.2) is 18.9 Å². The molecule has 0 aromatic heterocycles. The molecule has 5 heteroatoms. The first-order chi connectivity index (χ1) is 18.6. The Kier molecular flexibility index (Phi) is 15.9. The van der Waals surface area contributed by atoms with Crippen molar-refractivity contribution in [2.75, 3.05) is 17.7 Å². The summed E-state index contributed by atoms with van der Waals surface area (Å²) in [4.78, 5) is 25.5. The normalized spacial score (nSPS) is 10.8. The van der Waals surface area contributed by atoms with Gasteiger partial charge in [-0.1, -0.05) is 121 Å². The van der Waals surface area contributed by atoms with Crippen LogP contribution in [0.3, 0.4) is 0 Å². The molecular weight excluding hydrogens is 472 g/mol. The van der Waals surface area contributed by atoms with Crippen LogP contribution < -0.4 is 15.4 Å². The second-order valence-electron chi connectivity index (χ2n) is 10.4. The summed E-state index contributed by atoms with van der Waals surface area (Å²) in [5, 5.41) is 5.96. The van der Waals surface area contributed by atoms with Crippen molar-refractivity contribution in [2.24, 2.45) is 0 Å². The quantitative estimate of drug-likeness (QED) is 0.170. The van der Waals surface area contributed by atoms with Crippen molar-refractivity contribution in [2.45, 2.75) is 117 Å². The fourth-order valence-corrected chi connectivity index (χ4v) is 4.78. The van der Waals surface area contributed by atoms with Crippen LogP contribution in [0, 0.1) is 6.92 Å². The highest BCUT2D eigenvalue weighted by Crippen LogP contribution is 2.36. The summed E-state index contributed by atoms with van der Waals surface area (Å²) in [6, 6.07) is 12.7. The Bertz CT molecular complexity index is 943. The fraction of sp³-hybridized carbons (Fsp3) is 0.576. The molecule has 0 atom stereocenters. The van der Waals surface area contributed by atoms with Gasteiger partial charge in [-0.15, -0.1) is 0 Å². The Morgan fingerprint density at radius 1 is 0.658 bits per heavy atom. The summed E-state index contributed by atoms with van der Waals surface area (Å²) in [5.41, 5.74) is 2.51. The van der Waals surface area contributed by atoms with Gasteiger partial charge in [0, 0.05) is 12.0 Å². The first kappa shape index (κ1) is 31.4. The third-order valence-corrected chi connectivity index (χ3v) is 7.14. The van der Waals surface area contributed by atoms with Gasteiger partial charge in [-0.05, 0) is 37.1 Å². The van der Waals surface area contributed by atoms with E-state index >= 15 is 0 Å². The third-order valence-electron chi connectivity index (χ3n) is 7.14. The summed E-state index contributed by atoms with van der Waals surface area (Å²) in [6.45, 7) is 4.19. The van der Waals surface area contributed by atoms with E-state index in [1.54, 1.807) is 25.3 Å². The van der Waals surface area contributed by atoms with Crippen molar-refractivity contribution in [3.63, 3.8) is 0 Å². The monoisotopic (exact) mass is 522 g/mol. The van der Waals surface area contributed by atoms with E-state index in [9.17, 15) is 9.59 Å². The second kappa shape index (κ2) is 19.3. The second-order valence-corrected chi connectivity index (χ2v) is 10.4.